The molecule has 1 heterocycles. The predicted molar refractivity (Wildman–Crippen MR) is 70.2 cm³/mol. The molecule has 0 radical (unpaired) electrons. The average Bonchev–Trinajstić information content (AvgIpc) is 2.63. The Kier molecular flexibility index (Phi) is 5.09. The number of aryl methyl sites for hydroxylation is 1. The minimum atomic E-state index is -0.948. The van der Waals surface area contributed by atoms with E-state index in [4.69, 9.17) is 9.84 Å². The van der Waals surface area contributed by atoms with Crippen molar-refractivity contribution in [1.29, 1.82) is 0 Å². The lowest BCUT2D eigenvalue weighted by molar-refractivity contribution is -0.142. The highest BCUT2D eigenvalue weighted by Crippen LogP contribution is 2.23. The summed E-state index contributed by atoms with van der Waals surface area (Å²) in [5.41, 5.74) is 2.35. The van der Waals surface area contributed by atoms with Crippen molar-refractivity contribution < 1.29 is 14.6 Å². The van der Waals surface area contributed by atoms with Crippen LogP contribution in [-0.2, 0) is 22.4 Å². The van der Waals surface area contributed by atoms with E-state index in [9.17, 15) is 4.79 Å². The maximum Gasteiger partial charge on any atom is 0.329 e. The van der Waals surface area contributed by atoms with E-state index >= 15 is 0 Å². The Morgan fingerprint density at radius 2 is 2.16 bits per heavy atom. The molecule has 1 aliphatic carbocycles. The first kappa shape index (κ1) is 13.7. The molecule has 0 fully saturated rings. The molecule has 0 aliphatic heterocycles. The van der Waals surface area contributed by atoms with Crippen LogP contribution in [0.4, 0.5) is 5.82 Å². The highest BCUT2D eigenvalue weighted by atomic mass is 16.5. The third-order valence-electron chi connectivity index (χ3n) is 3.14. The average molecular weight is 265 g/mol. The number of nitrogens with one attached hydrogen (secondary N) is 1. The van der Waals surface area contributed by atoms with Gasteiger partial charge in [-0.15, -0.1) is 0 Å². The van der Waals surface area contributed by atoms with Crippen molar-refractivity contribution in [3.05, 3.63) is 17.6 Å². The molecule has 1 aromatic rings. The number of carboxylic acids is 1. The third-order valence-corrected chi connectivity index (χ3v) is 3.14. The Morgan fingerprint density at radius 3 is 3.00 bits per heavy atom. The van der Waals surface area contributed by atoms with Gasteiger partial charge >= 0.3 is 5.97 Å². The summed E-state index contributed by atoms with van der Waals surface area (Å²) in [6.07, 6.45) is 7.20. The molecule has 0 saturated heterocycles. The summed E-state index contributed by atoms with van der Waals surface area (Å²) in [7, 11) is 0. The zero-order chi connectivity index (χ0) is 13.5. The summed E-state index contributed by atoms with van der Waals surface area (Å²) in [6.45, 7) is 0.644. The molecule has 104 valence electrons. The van der Waals surface area contributed by atoms with Crippen molar-refractivity contribution in [2.45, 2.75) is 32.1 Å². The highest BCUT2D eigenvalue weighted by Gasteiger charge is 2.13. The molecule has 6 nitrogen and oxygen atoms in total. The fraction of sp³-hybridized carbons (Fsp3) is 0.615. The highest BCUT2D eigenvalue weighted by molar-refractivity contribution is 5.67. The van der Waals surface area contributed by atoms with Gasteiger partial charge in [-0.2, -0.15) is 0 Å². The smallest absolute Gasteiger partial charge is 0.329 e. The quantitative estimate of drug-likeness (QED) is 0.595. The number of aliphatic carboxylic acids is 1. The van der Waals surface area contributed by atoms with Crippen LogP contribution in [0.5, 0.6) is 0 Å². The van der Waals surface area contributed by atoms with E-state index in [1.807, 2.05) is 0 Å². The summed E-state index contributed by atoms with van der Waals surface area (Å²) < 4.78 is 4.98. The summed E-state index contributed by atoms with van der Waals surface area (Å²) >= 11 is 0. The van der Waals surface area contributed by atoms with Gasteiger partial charge in [0, 0.05) is 17.8 Å². The van der Waals surface area contributed by atoms with Gasteiger partial charge in [0.25, 0.3) is 0 Å². The molecular weight excluding hydrogens is 246 g/mol. The summed E-state index contributed by atoms with van der Waals surface area (Å²) in [5.74, 6) is -0.0817. The van der Waals surface area contributed by atoms with E-state index in [2.05, 4.69) is 15.3 Å². The lowest BCUT2D eigenvalue weighted by Gasteiger charge is -2.12. The number of hydrogen-bond donors (Lipinski definition) is 2. The van der Waals surface area contributed by atoms with Crippen LogP contribution >= 0.6 is 0 Å². The van der Waals surface area contributed by atoms with Gasteiger partial charge in [-0.05, 0) is 25.7 Å². The van der Waals surface area contributed by atoms with Gasteiger partial charge in [0.1, 0.15) is 18.8 Å². The number of fused-ring (bicyclic) bond motifs is 1. The van der Waals surface area contributed by atoms with Crippen LogP contribution in [0, 0.1) is 0 Å². The van der Waals surface area contributed by atoms with Crippen LogP contribution in [0.3, 0.4) is 0 Å². The third kappa shape index (κ3) is 4.17. The fourth-order valence-corrected chi connectivity index (χ4v) is 2.25. The normalized spacial score (nSPS) is 14.5. The molecule has 0 saturated carbocycles. The van der Waals surface area contributed by atoms with Gasteiger partial charge in [-0.1, -0.05) is 6.42 Å². The number of aromatic nitrogens is 2. The standard InChI is InChI=1S/C13H19N3O3/c17-12(18)8-19-7-6-14-13-10-4-2-1-3-5-11(10)15-9-16-13/h9H,1-8H2,(H,17,18)(H,14,15,16). The second kappa shape index (κ2) is 7.04. The van der Waals surface area contributed by atoms with Crippen molar-refractivity contribution in [1.82, 2.24) is 9.97 Å². The topological polar surface area (TPSA) is 84.3 Å². The fourth-order valence-electron chi connectivity index (χ4n) is 2.25. The lowest BCUT2D eigenvalue weighted by Crippen LogP contribution is -2.16. The molecular formula is C13H19N3O3. The molecule has 0 unspecified atom stereocenters. The predicted octanol–water partition coefficient (Wildman–Crippen LogP) is 1.26. The van der Waals surface area contributed by atoms with Crippen LogP contribution < -0.4 is 5.32 Å². The number of anilines is 1. The van der Waals surface area contributed by atoms with Crippen LogP contribution in [0.15, 0.2) is 6.33 Å². The lowest BCUT2D eigenvalue weighted by atomic mass is 10.1. The SMILES string of the molecule is O=C(O)COCCNc1ncnc2c1CCCCC2. The zero-order valence-electron chi connectivity index (χ0n) is 10.9. The van der Waals surface area contributed by atoms with Crippen LogP contribution in [0.2, 0.25) is 0 Å². The van der Waals surface area contributed by atoms with E-state index in [1.165, 1.54) is 24.8 Å². The van der Waals surface area contributed by atoms with Gasteiger partial charge in [0.05, 0.1) is 6.61 Å². The summed E-state index contributed by atoms with van der Waals surface area (Å²) in [4.78, 5) is 18.9. The van der Waals surface area contributed by atoms with Gasteiger partial charge in [0.15, 0.2) is 0 Å². The van der Waals surface area contributed by atoms with E-state index in [1.54, 1.807) is 6.33 Å². The van der Waals surface area contributed by atoms with E-state index in [0.29, 0.717) is 13.2 Å². The van der Waals surface area contributed by atoms with Crippen LogP contribution in [0.1, 0.15) is 30.5 Å². The van der Waals surface area contributed by atoms with Crippen molar-refractivity contribution in [3.63, 3.8) is 0 Å². The Hall–Kier alpha value is -1.69. The monoisotopic (exact) mass is 265 g/mol. The van der Waals surface area contributed by atoms with Crippen molar-refractivity contribution in [2.75, 3.05) is 25.1 Å². The van der Waals surface area contributed by atoms with Gasteiger partial charge < -0.3 is 15.2 Å². The van der Waals surface area contributed by atoms with Crippen molar-refractivity contribution in [3.8, 4) is 0 Å². The summed E-state index contributed by atoms with van der Waals surface area (Å²) in [6, 6.07) is 0. The maximum atomic E-state index is 10.3. The van der Waals surface area contributed by atoms with Gasteiger partial charge in [-0.25, -0.2) is 14.8 Å². The minimum absolute atomic E-state index is 0.260. The molecule has 0 bridgehead atoms. The van der Waals surface area contributed by atoms with Gasteiger partial charge in [-0.3, -0.25) is 0 Å². The number of nitrogens with zero attached hydrogens (tertiary/aromatic N) is 2. The van der Waals surface area contributed by atoms with Crippen molar-refractivity contribution in [2.24, 2.45) is 0 Å². The van der Waals surface area contributed by atoms with E-state index < -0.39 is 5.97 Å². The number of rotatable bonds is 6. The Balaban J connectivity index is 1.88. The molecule has 2 N–H and O–H groups in total. The second-order valence-electron chi connectivity index (χ2n) is 4.58. The van der Waals surface area contributed by atoms with Crippen LogP contribution in [0.25, 0.3) is 0 Å². The molecule has 0 atom stereocenters. The molecule has 0 amide bonds. The first-order chi connectivity index (χ1) is 9.27. The molecule has 1 aliphatic rings. The molecule has 0 spiro atoms. The molecule has 1 aromatic heterocycles. The molecule has 19 heavy (non-hydrogen) atoms. The van der Waals surface area contributed by atoms with Crippen molar-refractivity contribution >= 4 is 11.8 Å². The number of carboxylic acid groups (broad SMARTS) is 1. The Morgan fingerprint density at radius 1 is 1.32 bits per heavy atom. The summed E-state index contributed by atoms with van der Waals surface area (Å²) in [5, 5.41) is 11.7. The van der Waals surface area contributed by atoms with E-state index in [-0.39, 0.29) is 6.61 Å². The molecule has 2 rings (SSSR count). The molecule has 0 aromatic carbocycles. The van der Waals surface area contributed by atoms with E-state index in [0.717, 1.165) is 24.4 Å². The first-order valence-corrected chi connectivity index (χ1v) is 6.63. The first-order valence-electron chi connectivity index (χ1n) is 6.63. The van der Waals surface area contributed by atoms with Crippen LogP contribution in [-0.4, -0.2) is 40.8 Å². The Bertz CT molecular complexity index is 437. The number of hydrogen-bond acceptors (Lipinski definition) is 5. The Labute approximate surface area is 112 Å². The van der Waals surface area contributed by atoms with Gasteiger partial charge in [0.2, 0.25) is 0 Å². The maximum absolute atomic E-state index is 10.3. The molecule has 6 heteroatoms. The number of ether oxygens (including phenoxy) is 1. The largest absolute Gasteiger partial charge is 0.480 e. The minimum Gasteiger partial charge on any atom is -0.480 e. The zero-order valence-corrected chi connectivity index (χ0v) is 10.9. The second-order valence-corrected chi connectivity index (χ2v) is 4.58. The number of carbonyl (C=O) groups is 1.